The minimum Gasteiger partial charge on any atom is -0.414 e. The summed E-state index contributed by atoms with van der Waals surface area (Å²) in [6, 6.07) is 11.6. The van der Waals surface area contributed by atoms with E-state index in [4.69, 9.17) is 8.85 Å². The SMILES string of the molecule is CC(C)(C)[Si](C)(C)O[C@H](CCCCNC1CCCCC1)C[C@H](O[Si](C)(C)C(C)(C)C)c1ccccc1. The maximum absolute atomic E-state index is 7.10. The van der Waals surface area contributed by atoms with Crippen molar-refractivity contribution < 1.29 is 8.85 Å². The van der Waals surface area contributed by atoms with E-state index in [1.165, 1.54) is 50.5 Å². The van der Waals surface area contributed by atoms with Crippen molar-refractivity contribution in [2.45, 2.75) is 154 Å². The van der Waals surface area contributed by atoms with Crippen LogP contribution in [0, 0.1) is 0 Å². The first-order valence-corrected chi connectivity index (χ1v) is 20.6. The topological polar surface area (TPSA) is 30.5 Å². The molecule has 36 heavy (non-hydrogen) atoms. The summed E-state index contributed by atoms with van der Waals surface area (Å²) in [7, 11) is -3.82. The van der Waals surface area contributed by atoms with E-state index in [-0.39, 0.29) is 22.3 Å². The summed E-state index contributed by atoms with van der Waals surface area (Å²) in [4.78, 5) is 0. The number of hydrogen-bond donors (Lipinski definition) is 1. The highest BCUT2D eigenvalue weighted by Gasteiger charge is 2.42. The Morgan fingerprint density at radius 1 is 0.806 bits per heavy atom. The molecule has 0 saturated heterocycles. The Labute approximate surface area is 226 Å². The van der Waals surface area contributed by atoms with Gasteiger partial charge in [-0.2, -0.15) is 0 Å². The number of unbranched alkanes of at least 4 members (excludes halogenated alkanes) is 1. The zero-order chi connectivity index (χ0) is 27.0. The maximum atomic E-state index is 7.10. The molecule has 0 unspecified atom stereocenters. The number of nitrogens with one attached hydrogen (secondary N) is 1. The molecule has 0 spiro atoms. The van der Waals surface area contributed by atoms with Crippen LogP contribution >= 0.6 is 0 Å². The van der Waals surface area contributed by atoms with Crippen LogP contribution in [0.4, 0.5) is 0 Å². The average Bonchev–Trinajstić information content (AvgIpc) is 2.77. The largest absolute Gasteiger partial charge is 0.414 e. The molecule has 208 valence electrons. The Kier molecular flexibility index (Phi) is 12.0. The van der Waals surface area contributed by atoms with E-state index in [0.717, 1.165) is 25.4 Å². The normalized spacial score (nSPS) is 18.3. The molecule has 0 heterocycles. The smallest absolute Gasteiger partial charge is 0.192 e. The number of benzene rings is 1. The van der Waals surface area contributed by atoms with Crippen LogP contribution in [-0.2, 0) is 8.85 Å². The molecule has 1 aromatic rings. The molecule has 1 aromatic carbocycles. The monoisotopic (exact) mass is 533 g/mol. The second-order valence-electron chi connectivity index (χ2n) is 14.3. The first-order chi connectivity index (χ1) is 16.6. The van der Waals surface area contributed by atoms with E-state index in [1.54, 1.807) is 0 Å². The lowest BCUT2D eigenvalue weighted by Crippen LogP contribution is -2.45. The molecule has 0 amide bonds. The summed E-state index contributed by atoms with van der Waals surface area (Å²) in [5, 5.41) is 4.22. The van der Waals surface area contributed by atoms with E-state index in [0.29, 0.717) is 0 Å². The fraction of sp³-hybridized carbons (Fsp3) is 0.806. The third-order valence-electron chi connectivity index (χ3n) is 9.15. The molecule has 0 aromatic heterocycles. The van der Waals surface area contributed by atoms with Gasteiger partial charge >= 0.3 is 0 Å². The van der Waals surface area contributed by atoms with Gasteiger partial charge in [0.1, 0.15) is 0 Å². The Hall–Kier alpha value is -0.466. The highest BCUT2D eigenvalue weighted by Crippen LogP contribution is 2.43. The zero-order valence-corrected chi connectivity index (χ0v) is 27.5. The van der Waals surface area contributed by atoms with Gasteiger partial charge in [0.15, 0.2) is 16.6 Å². The second-order valence-corrected chi connectivity index (χ2v) is 23.8. The predicted molar refractivity (Wildman–Crippen MR) is 163 cm³/mol. The Balaban J connectivity index is 2.13. The molecular weight excluding hydrogens is 475 g/mol. The molecule has 3 nitrogen and oxygen atoms in total. The van der Waals surface area contributed by atoms with E-state index in [2.05, 4.69) is 103 Å². The highest BCUT2D eigenvalue weighted by atomic mass is 28.4. The molecule has 1 N–H and O–H groups in total. The van der Waals surface area contributed by atoms with Crippen molar-refractivity contribution in [3.05, 3.63) is 35.9 Å². The lowest BCUT2D eigenvalue weighted by Gasteiger charge is -2.43. The van der Waals surface area contributed by atoms with Gasteiger partial charge in [-0.1, -0.05) is 91.1 Å². The molecule has 1 fully saturated rings. The standard InChI is InChI=1S/C31H59NO2Si2/c1-30(2,3)35(7,8)33-28(23-17-18-24-32-27-21-15-12-16-22-27)25-29(26-19-13-11-14-20-26)34-36(9,10)31(4,5)6/h11,13-14,19-20,27-29,32H,12,15-18,21-25H2,1-10H3/t28-,29+/m1/s1. The van der Waals surface area contributed by atoms with E-state index >= 15 is 0 Å². The maximum Gasteiger partial charge on any atom is 0.192 e. The van der Waals surface area contributed by atoms with Crippen molar-refractivity contribution >= 4 is 16.6 Å². The molecule has 2 rings (SSSR count). The number of rotatable bonds is 13. The zero-order valence-electron chi connectivity index (χ0n) is 25.5. The highest BCUT2D eigenvalue weighted by molar-refractivity contribution is 6.74. The van der Waals surface area contributed by atoms with Crippen molar-refractivity contribution in [3.8, 4) is 0 Å². The third kappa shape index (κ3) is 10.0. The van der Waals surface area contributed by atoms with E-state index < -0.39 is 16.6 Å². The lowest BCUT2D eigenvalue weighted by atomic mass is 9.95. The minimum absolute atomic E-state index is 0.0854. The molecule has 1 aliphatic rings. The predicted octanol–water partition coefficient (Wildman–Crippen LogP) is 9.62. The summed E-state index contributed by atoms with van der Waals surface area (Å²) in [5.74, 6) is 0. The molecule has 1 aliphatic carbocycles. The third-order valence-corrected chi connectivity index (χ3v) is 18.2. The van der Waals surface area contributed by atoms with Crippen LogP contribution in [-0.4, -0.2) is 35.3 Å². The van der Waals surface area contributed by atoms with Gasteiger partial charge in [-0.3, -0.25) is 0 Å². The first-order valence-electron chi connectivity index (χ1n) is 14.8. The van der Waals surface area contributed by atoms with Gasteiger partial charge in [-0.15, -0.1) is 0 Å². The van der Waals surface area contributed by atoms with Crippen LogP contribution in [0.3, 0.4) is 0 Å². The molecule has 5 heteroatoms. The minimum atomic E-state index is -1.93. The van der Waals surface area contributed by atoms with Crippen LogP contribution in [0.5, 0.6) is 0 Å². The summed E-state index contributed by atoms with van der Waals surface area (Å²) in [6.07, 6.45) is 11.8. The van der Waals surface area contributed by atoms with Crippen LogP contribution in [0.2, 0.25) is 36.3 Å². The number of hydrogen-bond acceptors (Lipinski definition) is 3. The van der Waals surface area contributed by atoms with Gasteiger partial charge in [0, 0.05) is 18.6 Å². The van der Waals surface area contributed by atoms with Crippen LogP contribution in [0.15, 0.2) is 30.3 Å². The summed E-state index contributed by atoms with van der Waals surface area (Å²) >= 11 is 0. The van der Waals surface area contributed by atoms with Crippen molar-refractivity contribution in [2.24, 2.45) is 0 Å². The van der Waals surface area contributed by atoms with Crippen molar-refractivity contribution in [2.75, 3.05) is 6.54 Å². The molecular formula is C31H59NO2Si2. The fourth-order valence-corrected chi connectivity index (χ4v) is 7.32. The van der Waals surface area contributed by atoms with Crippen molar-refractivity contribution in [1.29, 1.82) is 0 Å². The Bertz CT molecular complexity index is 746. The molecule has 0 bridgehead atoms. The van der Waals surface area contributed by atoms with Gasteiger partial charge in [0.05, 0.1) is 6.10 Å². The van der Waals surface area contributed by atoms with Crippen molar-refractivity contribution in [1.82, 2.24) is 5.32 Å². The summed E-state index contributed by atoms with van der Waals surface area (Å²) in [6.45, 7) is 24.8. The molecule has 0 radical (unpaired) electrons. The molecule has 0 aliphatic heterocycles. The Morgan fingerprint density at radius 2 is 1.36 bits per heavy atom. The summed E-state index contributed by atoms with van der Waals surface area (Å²) in [5.41, 5.74) is 1.30. The van der Waals surface area contributed by atoms with Crippen LogP contribution in [0.25, 0.3) is 0 Å². The Morgan fingerprint density at radius 3 is 1.92 bits per heavy atom. The molecule has 1 saturated carbocycles. The quantitative estimate of drug-likeness (QED) is 0.202. The van der Waals surface area contributed by atoms with Gasteiger partial charge in [0.2, 0.25) is 0 Å². The lowest BCUT2D eigenvalue weighted by molar-refractivity contribution is 0.0853. The van der Waals surface area contributed by atoms with Gasteiger partial charge in [0.25, 0.3) is 0 Å². The first kappa shape index (κ1) is 31.7. The average molecular weight is 534 g/mol. The van der Waals surface area contributed by atoms with E-state index in [1.807, 2.05) is 0 Å². The van der Waals surface area contributed by atoms with E-state index in [9.17, 15) is 0 Å². The van der Waals surface area contributed by atoms with Crippen molar-refractivity contribution in [3.63, 3.8) is 0 Å². The van der Waals surface area contributed by atoms with Crippen LogP contribution in [0.1, 0.15) is 111 Å². The fourth-order valence-electron chi connectivity index (χ4n) is 4.62. The van der Waals surface area contributed by atoms with Gasteiger partial charge in [-0.05, 0) is 80.5 Å². The van der Waals surface area contributed by atoms with Gasteiger partial charge in [-0.25, -0.2) is 0 Å². The van der Waals surface area contributed by atoms with Crippen LogP contribution < -0.4 is 5.32 Å². The summed E-state index contributed by atoms with van der Waals surface area (Å²) < 4.78 is 14.2. The second kappa shape index (κ2) is 13.6. The van der Waals surface area contributed by atoms with Gasteiger partial charge < -0.3 is 14.2 Å². The molecule has 2 atom stereocenters.